The van der Waals surface area contributed by atoms with E-state index < -0.39 is 0 Å². The van der Waals surface area contributed by atoms with Crippen molar-refractivity contribution < 1.29 is 9.53 Å². The largest absolute Gasteiger partial charge is 0.462 e. The standard InChI is InChI=1S/C5H10O2.H4N2/c1-5(2,3)7-4-6;1-2/h4H,1-3H3;1-2H2. The fraction of sp³-hybridized carbons (Fsp3) is 0.800. The summed E-state index contributed by atoms with van der Waals surface area (Å²) in [6.07, 6.45) is 0. The molecule has 0 fully saturated rings. The molecule has 0 aliphatic rings. The molecular formula is C5H14N2O2. The number of nitrogens with two attached hydrogens (primary N) is 2. The van der Waals surface area contributed by atoms with Crippen LogP contribution in [0.3, 0.4) is 0 Å². The Balaban J connectivity index is 0. The van der Waals surface area contributed by atoms with Gasteiger partial charge >= 0.3 is 0 Å². The van der Waals surface area contributed by atoms with Crippen LogP contribution in [0.25, 0.3) is 0 Å². The van der Waals surface area contributed by atoms with E-state index in [-0.39, 0.29) is 5.60 Å². The first kappa shape index (κ1) is 11.2. The second-order valence-corrected chi connectivity index (χ2v) is 2.33. The zero-order chi connectivity index (χ0) is 7.91. The first-order valence-corrected chi connectivity index (χ1v) is 2.51. The van der Waals surface area contributed by atoms with Crippen LogP contribution in [-0.4, -0.2) is 12.1 Å². The number of ether oxygens (including phenoxy) is 1. The molecule has 56 valence electrons. The molecule has 0 unspecified atom stereocenters. The molecule has 4 nitrogen and oxygen atoms in total. The molecule has 0 aliphatic heterocycles. The molecule has 0 aromatic rings. The van der Waals surface area contributed by atoms with Crippen molar-refractivity contribution in [1.82, 2.24) is 0 Å². The van der Waals surface area contributed by atoms with Gasteiger partial charge in [-0.3, -0.25) is 16.5 Å². The maximum atomic E-state index is 9.60. The van der Waals surface area contributed by atoms with E-state index in [1.54, 1.807) is 0 Å². The summed E-state index contributed by atoms with van der Waals surface area (Å²) in [7, 11) is 0. The highest BCUT2D eigenvalue weighted by molar-refractivity contribution is 5.37. The number of hydrogen-bond donors (Lipinski definition) is 2. The summed E-state index contributed by atoms with van der Waals surface area (Å²) in [5.41, 5.74) is -0.318. The molecule has 0 aromatic carbocycles. The monoisotopic (exact) mass is 134 g/mol. The lowest BCUT2D eigenvalue weighted by atomic mass is 10.2. The third kappa shape index (κ3) is 18.7. The van der Waals surface area contributed by atoms with Crippen molar-refractivity contribution in [3.05, 3.63) is 0 Å². The minimum atomic E-state index is -0.318. The van der Waals surface area contributed by atoms with Gasteiger partial charge in [-0.05, 0) is 20.8 Å². The van der Waals surface area contributed by atoms with E-state index in [1.807, 2.05) is 20.8 Å². The molecule has 0 rings (SSSR count). The van der Waals surface area contributed by atoms with Crippen LogP contribution in [-0.2, 0) is 9.53 Å². The highest BCUT2D eigenvalue weighted by atomic mass is 16.5. The number of hydrazine groups is 1. The van der Waals surface area contributed by atoms with Gasteiger partial charge in [0.2, 0.25) is 0 Å². The summed E-state index contributed by atoms with van der Waals surface area (Å²) in [5, 5.41) is 0. The van der Waals surface area contributed by atoms with Crippen LogP contribution in [0.4, 0.5) is 0 Å². The molecule has 0 amide bonds. The van der Waals surface area contributed by atoms with Gasteiger partial charge in [-0.15, -0.1) is 0 Å². The number of carbonyl (C=O) groups excluding carboxylic acids is 1. The first-order chi connectivity index (χ1) is 4.06. The zero-order valence-corrected chi connectivity index (χ0v) is 6.05. The van der Waals surface area contributed by atoms with Gasteiger partial charge in [0, 0.05) is 0 Å². The minimum Gasteiger partial charge on any atom is -0.462 e. The molecule has 4 heteroatoms. The van der Waals surface area contributed by atoms with Crippen molar-refractivity contribution in [3.8, 4) is 0 Å². The molecule has 0 spiro atoms. The summed E-state index contributed by atoms with van der Waals surface area (Å²) < 4.78 is 4.55. The quantitative estimate of drug-likeness (QED) is 0.295. The average molecular weight is 134 g/mol. The molecule has 4 N–H and O–H groups in total. The van der Waals surface area contributed by atoms with Crippen molar-refractivity contribution in [2.45, 2.75) is 26.4 Å². The van der Waals surface area contributed by atoms with Gasteiger partial charge in [-0.1, -0.05) is 0 Å². The van der Waals surface area contributed by atoms with Crippen LogP contribution in [0, 0.1) is 0 Å². The second-order valence-electron chi connectivity index (χ2n) is 2.33. The Morgan fingerprint density at radius 3 is 1.67 bits per heavy atom. The van der Waals surface area contributed by atoms with Gasteiger partial charge in [0.1, 0.15) is 5.60 Å². The van der Waals surface area contributed by atoms with Crippen molar-refractivity contribution in [2.75, 3.05) is 0 Å². The van der Waals surface area contributed by atoms with Crippen LogP contribution in [0.15, 0.2) is 0 Å². The van der Waals surface area contributed by atoms with Crippen molar-refractivity contribution in [1.29, 1.82) is 0 Å². The average Bonchev–Trinajstić information content (AvgIpc) is 1.69. The van der Waals surface area contributed by atoms with Crippen molar-refractivity contribution in [2.24, 2.45) is 11.7 Å². The number of hydrogen-bond acceptors (Lipinski definition) is 4. The maximum absolute atomic E-state index is 9.60. The van der Waals surface area contributed by atoms with E-state index in [0.29, 0.717) is 6.47 Å². The fourth-order valence-corrected chi connectivity index (χ4v) is 0.144. The molecule has 0 heterocycles. The van der Waals surface area contributed by atoms with Gasteiger partial charge < -0.3 is 4.74 Å². The SMILES string of the molecule is CC(C)(C)OC=O.NN. The normalized spacial score (nSPS) is 9.00. The molecular weight excluding hydrogens is 120 g/mol. The van der Waals surface area contributed by atoms with Crippen molar-refractivity contribution >= 4 is 6.47 Å². The predicted octanol–water partition coefficient (Wildman–Crippen LogP) is -0.223. The molecule has 9 heavy (non-hydrogen) atoms. The summed E-state index contributed by atoms with van der Waals surface area (Å²) in [6.45, 7) is 5.92. The third-order valence-electron chi connectivity index (χ3n) is 0.402. The Morgan fingerprint density at radius 1 is 1.33 bits per heavy atom. The molecule has 0 radical (unpaired) electrons. The lowest BCUT2D eigenvalue weighted by Gasteiger charge is -2.14. The molecule has 0 saturated carbocycles. The zero-order valence-electron chi connectivity index (χ0n) is 6.05. The minimum absolute atomic E-state index is 0.318. The third-order valence-corrected chi connectivity index (χ3v) is 0.402. The van der Waals surface area contributed by atoms with Gasteiger partial charge in [0.15, 0.2) is 0 Å². The first-order valence-electron chi connectivity index (χ1n) is 2.51. The molecule has 0 aromatic heterocycles. The van der Waals surface area contributed by atoms with Crippen molar-refractivity contribution in [3.63, 3.8) is 0 Å². The summed E-state index contributed by atoms with van der Waals surface area (Å²) >= 11 is 0. The van der Waals surface area contributed by atoms with Crippen LogP contribution >= 0.6 is 0 Å². The van der Waals surface area contributed by atoms with Crippen LogP contribution in [0.5, 0.6) is 0 Å². The Bertz CT molecular complexity index is 67.8. The van der Waals surface area contributed by atoms with E-state index in [9.17, 15) is 4.79 Å². The van der Waals surface area contributed by atoms with E-state index in [1.165, 1.54) is 0 Å². The number of carbonyl (C=O) groups is 1. The maximum Gasteiger partial charge on any atom is 0.293 e. The second kappa shape index (κ2) is 5.53. The van der Waals surface area contributed by atoms with E-state index in [2.05, 4.69) is 16.4 Å². The topological polar surface area (TPSA) is 78.3 Å². The number of rotatable bonds is 1. The highest BCUT2D eigenvalue weighted by Gasteiger charge is 2.07. The summed E-state index contributed by atoms with van der Waals surface area (Å²) in [4.78, 5) is 9.60. The van der Waals surface area contributed by atoms with E-state index in [4.69, 9.17) is 0 Å². The summed E-state index contributed by atoms with van der Waals surface area (Å²) in [6, 6.07) is 0. The predicted molar refractivity (Wildman–Crippen MR) is 35.3 cm³/mol. The van der Waals surface area contributed by atoms with E-state index >= 15 is 0 Å². The van der Waals surface area contributed by atoms with Gasteiger partial charge in [0.05, 0.1) is 0 Å². The smallest absolute Gasteiger partial charge is 0.293 e. The molecule has 0 bridgehead atoms. The van der Waals surface area contributed by atoms with Gasteiger partial charge in [-0.25, -0.2) is 0 Å². The van der Waals surface area contributed by atoms with Gasteiger partial charge in [0.25, 0.3) is 6.47 Å². The molecule has 0 aliphatic carbocycles. The lowest BCUT2D eigenvalue weighted by Crippen LogP contribution is -2.17. The summed E-state index contributed by atoms with van der Waals surface area (Å²) in [5.74, 6) is 8.00. The Hall–Kier alpha value is -0.610. The Kier molecular flexibility index (Phi) is 6.89. The molecule has 0 saturated heterocycles. The van der Waals surface area contributed by atoms with E-state index in [0.717, 1.165) is 0 Å². The Morgan fingerprint density at radius 2 is 1.67 bits per heavy atom. The van der Waals surface area contributed by atoms with Crippen LogP contribution < -0.4 is 11.7 Å². The Labute approximate surface area is 55.1 Å². The van der Waals surface area contributed by atoms with Crippen LogP contribution in [0.2, 0.25) is 0 Å². The fourth-order valence-electron chi connectivity index (χ4n) is 0.144. The van der Waals surface area contributed by atoms with Crippen LogP contribution in [0.1, 0.15) is 20.8 Å². The molecule has 0 atom stereocenters. The van der Waals surface area contributed by atoms with Gasteiger partial charge in [-0.2, -0.15) is 0 Å². The lowest BCUT2D eigenvalue weighted by molar-refractivity contribution is -0.138. The highest BCUT2D eigenvalue weighted by Crippen LogP contribution is 2.02.